The van der Waals surface area contributed by atoms with Gasteiger partial charge in [-0.15, -0.1) is 0 Å². The van der Waals surface area contributed by atoms with Crippen molar-refractivity contribution in [2.24, 2.45) is 0 Å². The van der Waals surface area contributed by atoms with E-state index in [2.05, 4.69) is 41.3 Å². The molecule has 0 bridgehead atoms. The molecule has 1 aromatic carbocycles. The van der Waals surface area contributed by atoms with Gasteiger partial charge in [-0.3, -0.25) is 0 Å². The van der Waals surface area contributed by atoms with Crippen LogP contribution >= 0.6 is 0 Å². The van der Waals surface area contributed by atoms with Crippen LogP contribution in [0.2, 0.25) is 0 Å². The topological polar surface area (TPSA) is 60.7 Å². The zero-order valence-electron chi connectivity index (χ0n) is 12.5. The van der Waals surface area contributed by atoms with Crippen molar-refractivity contribution in [2.45, 2.75) is 52.0 Å². The van der Waals surface area contributed by atoms with Crippen LogP contribution in [0.1, 0.15) is 57.6 Å². The number of H-pyrrole nitrogens is 2. The molecule has 0 aliphatic rings. The third kappa shape index (κ3) is 3.73. The summed E-state index contributed by atoms with van der Waals surface area (Å²) in [5.74, 6) is 0. The lowest BCUT2D eigenvalue weighted by Crippen LogP contribution is -2.22. The first-order valence-electron chi connectivity index (χ1n) is 7.70. The molecule has 110 valence electrons. The Morgan fingerprint density at radius 3 is 2.65 bits per heavy atom. The normalized spacial score (nSPS) is 12.9. The van der Waals surface area contributed by atoms with E-state index >= 15 is 0 Å². The summed E-state index contributed by atoms with van der Waals surface area (Å²) in [5.41, 5.74) is 2.89. The molecule has 1 atom stereocenters. The quantitative estimate of drug-likeness (QED) is 0.646. The molecule has 0 aliphatic carbocycles. The van der Waals surface area contributed by atoms with Crippen molar-refractivity contribution in [3.8, 4) is 0 Å². The van der Waals surface area contributed by atoms with Gasteiger partial charge in [0.1, 0.15) is 0 Å². The molecule has 20 heavy (non-hydrogen) atoms. The van der Waals surface area contributed by atoms with E-state index in [0.29, 0.717) is 6.04 Å². The summed E-state index contributed by atoms with van der Waals surface area (Å²) in [6, 6.07) is 6.57. The van der Waals surface area contributed by atoms with Gasteiger partial charge in [0.25, 0.3) is 0 Å². The number of imidazole rings is 1. The second-order valence-corrected chi connectivity index (χ2v) is 5.39. The highest BCUT2D eigenvalue weighted by atomic mass is 16.1. The minimum Gasteiger partial charge on any atom is -0.310 e. The van der Waals surface area contributed by atoms with Crippen LogP contribution in [0.25, 0.3) is 11.0 Å². The third-order valence-electron chi connectivity index (χ3n) is 3.68. The molecule has 4 nitrogen and oxygen atoms in total. The van der Waals surface area contributed by atoms with Crippen LogP contribution in [0.15, 0.2) is 23.0 Å². The number of hydrogen-bond acceptors (Lipinski definition) is 2. The van der Waals surface area contributed by atoms with E-state index < -0.39 is 0 Å². The van der Waals surface area contributed by atoms with Crippen molar-refractivity contribution in [3.05, 3.63) is 34.2 Å². The van der Waals surface area contributed by atoms with Gasteiger partial charge in [-0.2, -0.15) is 0 Å². The number of nitrogens with one attached hydrogen (secondary N) is 3. The van der Waals surface area contributed by atoms with Crippen molar-refractivity contribution >= 4 is 11.0 Å². The van der Waals surface area contributed by atoms with Crippen LogP contribution in [0.4, 0.5) is 0 Å². The Labute approximate surface area is 120 Å². The van der Waals surface area contributed by atoms with Crippen LogP contribution in [-0.4, -0.2) is 16.5 Å². The molecule has 2 aromatic rings. The average Bonchev–Trinajstić information content (AvgIpc) is 2.81. The largest absolute Gasteiger partial charge is 0.323 e. The Morgan fingerprint density at radius 2 is 1.90 bits per heavy atom. The summed E-state index contributed by atoms with van der Waals surface area (Å²) >= 11 is 0. The highest BCUT2D eigenvalue weighted by Crippen LogP contribution is 2.22. The molecular weight excluding hydrogens is 250 g/mol. The molecule has 0 radical (unpaired) electrons. The number of rotatable bonds is 8. The van der Waals surface area contributed by atoms with Crippen molar-refractivity contribution in [2.75, 3.05) is 6.54 Å². The van der Waals surface area contributed by atoms with Gasteiger partial charge in [0.05, 0.1) is 11.0 Å². The predicted molar refractivity (Wildman–Crippen MR) is 84.1 cm³/mol. The first-order valence-corrected chi connectivity index (χ1v) is 7.70. The average molecular weight is 275 g/mol. The molecule has 1 unspecified atom stereocenters. The predicted octanol–water partition coefficient (Wildman–Crippen LogP) is 3.48. The lowest BCUT2D eigenvalue weighted by molar-refractivity contribution is 0.475. The van der Waals surface area contributed by atoms with E-state index in [1.54, 1.807) is 0 Å². The van der Waals surface area contributed by atoms with Crippen LogP contribution in [-0.2, 0) is 0 Å². The van der Waals surface area contributed by atoms with Crippen molar-refractivity contribution in [3.63, 3.8) is 0 Å². The molecule has 0 saturated heterocycles. The standard InChI is InChI=1S/C16H25N3O/c1-3-5-6-7-13(17-10-4-2)12-8-9-14-15(11-12)19-16(20)18-14/h8-9,11,13,17H,3-7,10H2,1-2H3,(H2,18,19,20). The Morgan fingerprint density at radius 1 is 1.10 bits per heavy atom. The number of aromatic nitrogens is 2. The van der Waals surface area contributed by atoms with Gasteiger partial charge < -0.3 is 15.3 Å². The second kappa shape index (κ2) is 7.29. The highest BCUT2D eigenvalue weighted by Gasteiger charge is 2.11. The number of aromatic amines is 2. The Balaban J connectivity index is 2.17. The van der Waals surface area contributed by atoms with Crippen LogP contribution in [0.3, 0.4) is 0 Å². The molecule has 0 fully saturated rings. The molecule has 2 rings (SSSR count). The maximum atomic E-state index is 11.3. The van der Waals surface area contributed by atoms with Crippen LogP contribution < -0.4 is 11.0 Å². The number of unbranched alkanes of at least 4 members (excludes halogenated alkanes) is 2. The van der Waals surface area contributed by atoms with Crippen molar-refractivity contribution < 1.29 is 0 Å². The number of benzene rings is 1. The summed E-state index contributed by atoms with van der Waals surface area (Å²) in [4.78, 5) is 17.0. The summed E-state index contributed by atoms with van der Waals surface area (Å²) in [7, 11) is 0. The van der Waals surface area contributed by atoms with Gasteiger partial charge in [-0.25, -0.2) is 4.79 Å². The third-order valence-corrected chi connectivity index (χ3v) is 3.68. The Bertz CT molecular complexity index is 585. The minimum absolute atomic E-state index is 0.138. The Kier molecular flexibility index (Phi) is 5.41. The molecule has 0 spiro atoms. The SMILES string of the molecule is CCCCCC(NCCC)c1ccc2[nH]c(=O)[nH]c2c1. The second-order valence-electron chi connectivity index (χ2n) is 5.39. The van der Waals surface area contributed by atoms with E-state index in [4.69, 9.17) is 0 Å². The maximum absolute atomic E-state index is 11.3. The minimum atomic E-state index is -0.138. The first kappa shape index (κ1) is 14.9. The van der Waals surface area contributed by atoms with E-state index in [0.717, 1.165) is 30.4 Å². The van der Waals surface area contributed by atoms with Gasteiger partial charge in [-0.1, -0.05) is 39.2 Å². The van der Waals surface area contributed by atoms with E-state index in [9.17, 15) is 4.79 Å². The highest BCUT2D eigenvalue weighted by molar-refractivity contribution is 5.75. The molecule has 0 saturated carbocycles. The monoisotopic (exact) mass is 275 g/mol. The fourth-order valence-electron chi connectivity index (χ4n) is 2.57. The van der Waals surface area contributed by atoms with Gasteiger partial charge in [0.15, 0.2) is 0 Å². The molecule has 4 heteroatoms. The lowest BCUT2D eigenvalue weighted by atomic mass is 10.00. The van der Waals surface area contributed by atoms with Crippen LogP contribution in [0.5, 0.6) is 0 Å². The van der Waals surface area contributed by atoms with Gasteiger partial charge in [-0.05, 0) is 37.1 Å². The summed E-state index contributed by atoms with van der Waals surface area (Å²) in [6.07, 6.45) is 6.03. The summed E-state index contributed by atoms with van der Waals surface area (Å²) in [5, 5.41) is 3.61. The fourth-order valence-corrected chi connectivity index (χ4v) is 2.57. The van der Waals surface area contributed by atoms with Gasteiger partial charge in [0.2, 0.25) is 0 Å². The molecule has 1 heterocycles. The molecule has 0 aliphatic heterocycles. The molecular formula is C16H25N3O. The van der Waals surface area contributed by atoms with E-state index in [-0.39, 0.29) is 5.69 Å². The molecule has 0 amide bonds. The van der Waals surface area contributed by atoms with E-state index in [1.807, 2.05) is 6.07 Å². The van der Waals surface area contributed by atoms with E-state index in [1.165, 1.54) is 24.8 Å². The first-order chi connectivity index (χ1) is 9.74. The molecule has 1 aromatic heterocycles. The Hall–Kier alpha value is -1.55. The summed E-state index contributed by atoms with van der Waals surface area (Å²) < 4.78 is 0. The van der Waals surface area contributed by atoms with Gasteiger partial charge >= 0.3 is 5.69 Å². The van der Waals surface area contributed by atoms with Crippen LogP contribution in [0, 0.1) is 0 Å². The fraction of sp³-hybridized carbons (Fsp3) is 0.562. The van der Waals surface area contributed by atoms with Gasteiger partial charge in [0, 0.05) is 6.04 Å². The number of fused-ring (bicyclic) bond motifs is 1. The number of hydrogen-bond donors (Lipinski definition) is 3. The van der Waals surface area contributed by atoms with Crippen molar-refractivity contribution in [1.29, 1.82) is 0 Å². The smallest absolute Gasteiger partial charge is 0.310 e. The zero-order valence-corrected chi connectivity index (χ0v) is 12.5. The maximum Gasteiger partial charge on any atom is 0.323 e. The zero-order chi connectivity index (χ0) is 14.4. The summed E-state index contributed by atoms with van der Waals surface area (Å²) in [6.45, 7) is 5.44. The lowest BCUT2D eigenvalue weighted by Gasteiger charge is -2.19. The molecule has 3 N–H and O–H groups in total. The van der Waals surface area contributed by atoms with Crippen molar-refractivity contribution in [1.82, 2.24) is 15.3 Å².